The van der Waals surface area contributed by atoms with Crippen LogP contribution in [0.25, 0.3) is 0 Å². The van der Waals surface area contributed by atoms with Gasteiger partial charge in [0.05, 0.1) is 6.61 Å². The Labute approximate surface area is 94.5 Å². The van der Waals surface area contributed by atoms with E-state index in [9.17, 15) is 5.11 Å². The summed E-state index contributed by atoms with van der Waals surface area (Å²) >= 11 is 0. The largest absolute Gasteiger partial charge is 0.395 e. The molecule has 1 aliphatic carbocycles. The van der Waals surface area contributed by atoms with Crippen LogP contribution in [0.4, 0.5) is 0 Å². The molecule has 0 heterocycles. The standard InChI is InChI=1S/C13H27NO/c1-3-11(2)13(10-15)14-12-8-6-4-5-7-9-12/h11-15H,3-10H2,1-2H3. The van der Waals surface area contributed by atoms with E-state index in [2.05, 4.69) is 19.2 Å². The molecule has 2 heteroatoms. The van der Waals surface area contributed by atoms with Crippen LogP contribution in [0.2, 0.25) is 0 Å². The van der Waals surface area contributed by atoms with E-state index in [1.54, 1.807) is 0 Å². The van der Waals surface area contributed by atoms with Gasteiger partial charge in [-0.15, -0.1) is 0 Å². The lowest BCUT2D eigenvalue weighted by molar-refractivity contribution is 0.186. The Hall–Kier alpha value is -0.0800. The summed E-state index contributed by atoms with van der Waals surface area (Å²) in [5.74, 6) is 0.582. The minimum absolute atomic E-state index is 0.283. The average molecular weight is 213 g/mol. The van der Waals surface area contributed by atoms with E-state index in [0.29, 0.717) is 18.0 Å². The van der Waals surface area contributed by atoms with Crippen LogP contribution >= 0.6 is 0 Å². The van der Waals surface area contributed by atoms with Gasteiger partial charge in [0.1, 0.15) is 0 Å². The van der Waals surface area contributed by atoms with Gasteiger partial charge >= 0.3 is 0 Å². The molecule has 0 saturated heterocycles. The molecule has 0 aromatic heterocycles. The van der Waals surface area contributed by atoms with Crippen molar-refractivity contribution in [1.29, 1.82) is 0 Å². The minimum Gasteiger partial charge on any atom is -0.395 e. The predicted octanol–water partition coefficient (Wildman–Crippen LogP) is 2.71. The van der Waals surface area contributed by atoms with Gasteiger partial charge in [-0.05, 0) is 18.8 Å². The third-order valence-electron chi connectivity index (χ3n) is 3.83. The van der Waals surface area contributed by atoms with E-state index in [1.807, 2.05) is 0 Å². The summed E-state index contributed by atoms with van der Waals surface area (Å²) in [6.45, 7) is 4.71. The molecule has 0 aromatic rings. The van der Waals surface area contributed by atoms with E-state index in [1.165, 1.54) is 38.5 Å². The molecule has 90 valence electrons. The molecule has 0 radical (unpaired) electrons. The van der Waals surface area contributed by atoms with Gasteiger partial charge in [-0.1, -0.05) is 46.0 Å². The summed E-state index contributed by atoms with van der Waals surface area (Å²) in [5, 5.41) is 13.0. The first kappa shape index (κ1) is 13.0. The van der Waals surface area contributed by atoms with Crippen LogP contribution in [0.5, 0.6) is 0 Å². The number of aliphatic hydroxyl groups excluding tert-OH is 1. The normalized spacial score (nSPS) is 23.4. The molecule has 2 N–H and O–H groups in total. The Kier molecular flexibility index (Phi) is 6.26. The fourth-order valence-electron chi connectivity index (χ4n) is 2.43. The fraction of sp³-hybridized carbons (Fsp3) is 1.00. The van der Waals surface area contributed by atoms with Crippen molar-refractivity contribution in [3.8, 4) is 0 Å². The number of nitrogens with one attached hydrogen (secondary N) is 1. The maximum Gasteiger partial charge on any atom is 0.0587 e. The summed E-state index contributed by atoms with van der Waals surface area (Å²) in [6.07, 6.45) is 9.24. The quantitative estimate of drug-likeness (QED) is 0.688. The minimum atomic E-state index is 0.283. The van der Waals surface area contributed by atoms with Crippen molar-refractivity contribution >= 4 is 0 Å². The van der Waals surface area contributed by atoms with E-state index in [0.717, 1.165) is 6.42 Å². The number of hydrogen-bond acceptors (Lipinski definition) is 2. The van der Waals surface area contributed by atoms with E-state index < -0.39 is 0 Å². The molecule has 0 aromatic carbocycles. The lowest BCUT2D eigenvalue weighted by atomic mass is 9.97. The van der Waals surface area contributed by atoms with Crippen LogP contribution in [0, 0.1) is 5.92 Å². The molecular weight excluding hydrogens is 186 g/mol. The van der Waals surface area contributed by atoms with E-state index in [-0.39, 0.29) is 6.61 Å². The van der Waals surface area contributed by atoms with Gasteiger partial charge in [-0.3, -0.25) is 0 Å². The van der Waals surface area contributed by atoms with Crippen molar-refractivity contribution < 1.29 is 5.11 Å². The fourth-order valence-corrected chi connectivity index (χ4v) is 2.43. The van der Waals surface area contributed by atoms with Gasteiger partial charge < -0.3 is 10.4 Å². The molecule has 0 aliphatic heterocycles. The Morgan fingerprint density at radius 1 is 1.20 bits per heavy atom. The molecule has 15 heavy (non-hydrogen) atoms. The monoisotopic (exact) mass is 213 g/mol. The second-order valence-electron chi connectivity index (χ2n) is 5.03. The van der Waals surface area contributed by atoms with Crippen molar-refractivity contribution in [2.75, 3.05) is 6.61 Å². The predicted molar refractivity (Wildman–Crippen MR) is 65.0 cm³/mol. The molecule has 2 unspecified atom stereocenters. The zero-order valence-corrected chi connectivity index (χ0v) is 10.3. The smallest absolute Gasteiger partial charge is 0.0587 e. The number of hydrogen-bond donors (Lipinski definition) is 2. The second-order valence-corrected chi connectivity index (χ2v) is 5.03. The third kappa shape index (κ3) is 4.52. The molecule has 1 fully saturated rings. The van der Waals surface area contributed by atoms with Crippen LogP contribution in [-0.2, 0) is 0 Å². The summed E-state index contributed by atoms with van der Waals surface area (Å²) < 4.78 is 0. The average Bonchev–Trinajstić information content (AvgIpc) is 2.53. The molecule has 0 spiro atoms. The second kappa shape index (κ2) is 7.24. The van der Waals surface area contributed by atoms with Crippen molar-refractivity contribution in [3.05, 3.63) is 0 Å². The van der Waals surface area contributed by atoms with E-state index in [4.69, 9.17) is 0 Å². The summed E-state index contributed by atoms with van der Waals surface area (Å²) in [4.78, 5) is 0. The lowest BCUT2D eigenvalue weighted by Gasteiger charge is -2.27. The van der Waals surface area contributed by atoms with Gasteiger partial charge in [-0.2, -0.15) is 0 Å². The summed E-state index contributed by atoms with van der Waals surface area (Å²) in [7, 11) is 0. The zero-order valence-electron chi connectivity index (χ0n) is 10.3. The molecular formula is C13H27NO. The van der Waals surface area contributed by atoms with Gasteiger partial charge in [0, 0.05) is 12.1 Å². The maximum atomic E-state index is 9.37. The van der Waals surface area contributed by atoms with Crippen LogP contribution in [0.1, 0.15) is 58.8 Å². The Morgan fingerprint density at radius 3 is 2.27 bits per heavy atom. The first-order valence-corrected chi connectivity index (χ1v) is 6.64. The van der Waals surface area contributed by atoms with Crippen molar-refractivity contribution in [2.24, 2.45) is 5.92 Å². The van der Waals surface area contributed by atoms with Gasteiger partial charge in [0.25, 0.3) is 0 Å². The summed E-state index contributed by atoms with van der Waals surface area (Å²) in [5.41, 5.74) is 0. The number of aliphatic hydroxyl groups is 1. The molecule has 1 aliphatic rings. The van der Waals surface area contributed by atoms with Crippen LogP contribution in [0.15, 0.2) is 0 Å². The lowest BCUT2D eigenvalue weighted by Crippen LogP contribution is -2.44. The number of rotatable bonds is 5. The first-order valence-electron chi connectivity index (χ1n) is 6.64. The third-order valence-corrected chi connectivity index (χ3v) is 3.83. The van der Waals surface area contributed by atoms with Crippen LogP contribution in [-0.4, -0.2) is 23.8 Å². The molecule has 0 amide bonds. The van der Waals surface area contributed by atoms with E-state index >= 15 is 0 Å². The van der Waals surface area contributed by atoms with Gasteiger partial charge in [-0.25, -0.2) is 0 Å². The van der Waals surface area contributed by atoms with Crippen molar-refractivity contribution in [2.45, 2.75) is 70.9 Å². The highest BCUT2D eigenvalue weighted by Crippen LogP contribution is 2.19. The van der Waals surface area contributed by atoms with Crippen LogP contribution < -0.4 is 5.32 Å². The molecule has 1 rings (SSSR count). The zero-order chi connectivity index (χ0) is 11.1. The Morgan fingerprint density at radius 2 is 1.80 bits per heavy atom. The Bertz CT molecular complexity index is 153. The van der Waals surface area contributed by atoms with Crippen molar-refractivity contribution in [1.82, 2.24) is 5.32 Å². The Balaban J connectivity index is 2.35. The van der Waals surface area contributed by atoms with Gasteiger partial charge in [0.15, 0.2) is 0 Å². The maximum absolute atomic E-state index is 9.37. The molecule has 0 bridgehead atoms. The van der Waals surface area contributed by atoms with Crippen molar-refractivity contribution in [3.63, 3.8) is 0 Å². The highest BCUT2D eigenvalue weighted by Gasteiger charge is 2.19. The SMILES string of the molecule is CCC(C)C(CO)NC1CCCCCC1. The van der Waals surface area contributed by atoms with Gasteiger partial charge in [0.2, 0.25) is 0 Å². The summed E-state index contributed by atoms with van der Waals surface area (Å²) in [6, 6.07) is 0.955. The topological polar surface area (TPSA) is 32.3 Å². The first-order chi connectivity index (χ1) is 7.27. The molecule has 1 saturated carbocycles. The highest BCUT2D eigenvalue weighted by molar-refractivity contribution is 4.78. The highest BCUT2D eigenvalue weighted by atomic mass is 16.3. The molecule has 2 atom stereocenters. The molecule has 2 nitrogen and oxygen atoms in total. The van der Waals surface area contributed by atoms with Crippen LogP contribution in [0.3, 0.4) is 0 Å².